The molecule has 0 fully saturated rings. The van der Waals surface area contributed by atoms with Crippen LogP contribution in [0.2, 0.25) is 10.0 Å². The van der Waals surface area contributed by atoms with Crippen molar-refractivity contribution in [2.75, 3.05) is 6.54 Å². The van der Waals surface area contributed by atoms with Gasteiger partial charge in [-0.15, -0.1) is 0 Å². The number of hydrogen-bond donors (Lipinski definition) is 3. The Kier molecular flexibility index (Phi) is 4.57. The van der Waals surface area contributed by atoms with Crippen molar-refractivity contribution in [3.05, 3.63) is 69.8 Å². The minimum Gasteiger partial charge on any atom is -0.386 e. The van der Waals surface area contributed by atoms with Gasteiger partial charge in [-0.25, -0.2) is 0 Å². The summed E-state index contributed by atoms with van der Waals surface area (Å²) in [5, 5.41) is 14.7. The van der Waals surface area contributed by atoms with Gasteiger partial charge in [0, 0.05) is 39.4 Å². The maximum absolute atomic E-state index is 12.2. The van der Waals surface area contributed by atoms with Gasteiger partial charge in [0.25, 0.3) is 5.91 Å². The average Bonchev–Trinajstić information content (AvgIpc) is 3.00. The molecule has 3 rings (SSSR count). The predicted octanol–water partition coefficient (Wildman–Crippen LogP) is 3.94. The lowest BCUT2D eigenvalue weighted by molar-refractivity contribution is 0.0916. The highest BCUT2D eigenvalue weighted by Crippen LogP contribution is 2.29. The smallest absolute Gasteiger partial charge is 0.251 e. The molecule has 0 saturated carbocycles. The second-order valence-electron chi connectivity index (χ2n) is 5.14. The van der Waals surface area contributed by atoms with Crippen LogP contribution in [-0.2, 0) is 0 Å². The van der Waals surface area contributed by atoms with Crippen molar-refractivity contribution in [1.29, 1.82) is 0 Å². The lowest BCUT2D eigenvalue weighted by Crippen LogP contribution is -2.28. The van der Waals surface area contributed by atoms with E-state index in [-0.39, 0.29) is 12.5 Å². The van der Waals surface area contributed by atoms with Gasteiger partial charge in [-0.05, 0) is 35.7 Å². The zero-order valence-corrected chi connectivity index (χ0v) is 13.5. The van der Waals surface area contributed by atoms with E-state index < -0.39 is 6.10 Å². The van der Waals surface area contributed by atoms with Crippen molar-refractivity contribution in [3.8, 4) is 0 Å². The Hall–Kier alpha value is -2.01. The number of amides is 1. The molecule has 1 heterocycles. The minimum atomic E-state index is -0.977. The van der Waals surface area contributed by atoms with Crippen LogP contribution in [0.5, 0.6) is 0 Å². The first-order chi connectivity index (χ1) is 11.1. The van der Waals surface area contributed by atoms with E-state index in [1.54, 1.807) is 30.3 Å². The number of aromatic amines is 1. The van der Waals surface area contributed by atoms with E-state index in [2.05, 4.69) is 10.3 Å². The predicted molar refractivity (Wildman–Crippen MR) is 92.1 cm³/mol. The number of aliphatic hydroxyl groups is 1. The molecule has 0 aliphatic rings. The van der Waals surface area contributed by atoms with E-state index >= 15 is 0 Å². The summed E-state index contributed by atoms with van der Waals surface area (Å²) in [6.45, 7) is 0.0189. The molecule has 0 spiro atoms. The maximum Gasteiger partial charge on any atom is 0.251 e. The Morgan fingerprint density at radius 3 is 2.65 bits per heavy atom. The normalized spacial score (nSPS) is 12.3. The number of benzene rings is 2. The van der Waals surface area contributed by atoms with Gasteiger partial charge >= 0.3 is 0 Å². The molecule has 3 aromatic rings. The molecule has 118 valence electrons. The lowest BCUT2D eigenvalue weighted by atomic mass is 10.1. The highest BCUT2D eigenvalue weighted by Gasteiger charge is 2.17. The third-order valence-corrected chi connectivity index (χ3v) is 4.27. The van der Waals surface area contributed by atoms with Crippen LogP contribution in [0.1, 0.15) is 22.0 Å². The molecule has 0 bridgehead atoms. The molecule has 0 radical (unpaired) electrons. The van der Waals surface area contributed by atoms with Crippen LogP contribution in [0.4, 0.5) is 0 Å². The number of carbonyl (C=O) groups is 1. The Morgan fingerprint density at radius 2 is 1.91 bits per heavy atom. The second-order valence-corrected chi connectivity index (χ2v) is 5.96. The number of H-pyrrole nitrogens is 1. The quantitative estimate of drug-likeness (QED) is 0.668. The van der Waals surface area contributed by atoms with Crippen LogP contribution in [0, 0.1) is 0 Å². The Morgan fingerprint density at radius 1 is 1.17 bits per heavy atom. The van der Waals surface area contributed by atoms with Crippen molar-refractivity contribution < 1.29 is 9.90 Å². The first kappa shape index (κ1) is 15.9. The molecule has 6 heteroatoms. The van der Waals surface area contributed by atoms with Crippen molar-refractivity contribution in [1.82, 2.24) is 10.3 Å². The van der Waals surface area contributed by atoms with E-state index in [1.165, 1.54) is 0 Å². The molecule has 1 unspecified atom stereocenters. The first-order valence-electron chi connectivity index (χ1n) is 7.03. The summed E-state index contributed by atoms with van der Waals surface area (Å²) >= 11 is 12.1. The molecule has 2 aromatic carbocycles. The number of aromatic nitrogens is 1. The summed E-state index contributed by atoms with van der Waals surface area (Å²) in [6.07, 6.45) is 0.838. The highest BCUT2D eigenvalue weighted by molar-refractivity contribution is 6.36. The Balaban J connectivity index is 1.71. The summed E-state index contributed by atoms with van der Waals surface area (Å²) in [6, 6.07) is 12.3. The zero-order chi connectivity index (χ0) is 16.4. The fourth-order valence-corrected chi connectivity index (χ4v) is 3.06. The third kappa shape index (κ3) is 3.34. The molecule has 0 aliphatic heterocycles. The summed E-state index contributed by atoms with van der Waals surface area (Å²) in [5.74, 6) is -0.274. The molecule has 4 nitrogen and oxygen atoms in total. The van der Waals surface area contributed by atoms with Gasteiger partial charge < -0.3 is 15.4 Å². The van der Waals surface area contributed by atoms with Crippen molar-refractivity contribution in [3.63, 3.8) is 0 Å². The number of hydrogen-bond acceptors (Lipinski definition) is 2. The molecular formula is C17H14Cl2N2O2. The molecule has 1 atom stereocenters. The molecule has 23 heavy (non-hydrogen) atoms. The van der Waals surface area contributed by atoms with Gasteiger partial charge in [0.15, 0.2) is 0 Å². The van der Waals surface area contributed by atoms with Crippen molar-refractivity contribution in [2.24, 2.45) is 0 Å². The van der Waals surface area contributed by atoms with Crippen LogP contribution in [0.25, 0.3) is 10.9 Å². The van der Waals surface area contributed by atoms with Crippen LogP contribution in [0.15, 0.2) is 48.7 Å². The van der Waals surface area contributed by atoms with Gasteiger partial charge in [-0.3, -0.25) is 4.79 Å². The Labute approximate surface area is 143 Å². The molecule has 1 amide bonds. The number of aliphatic hydroxyl groups excluding tert-OH is 1. The zero-order valence-electron chi connectivity index (χ0n) is 12.0. The van der Waals surface area contributed by atoms with Gasteiger partial charge in [-0.2, -0.15) is 0 Å². The highest BCUT2D eigenvalue weighted by atomic mass is 35.5. The van der Waals surface area contributed by atoms with E-state index in [1.807, 2.05) is 18.3 Å². The summed E-state index contributed by atoms with van der Waals surface area (Å²) in [4.78, 5) is 15.3. The number of halogens is 2. The monoisotopic (exact) mass is 348 g/mol. The fraction of sp³-hybridized carbons (Fsp3) is 0.118. The summed E-state index contributed by atoms with van der Waals surface area (Å²) < 4.78 is 0. The van der Waals surface area contributed by atoms with Crippen LogP contribution >= 0.6 is 23.2 Å². The summed E-state index contributed by atoms with van der Waals surface area (Å²) in [7, 11) is 0. The van der Waals surface area contributed by atoms with Crippen LogP contribution < -0.4 is 5.32 Å². The van der Waals surface area contributed by atoms with Crippen molar-refractivity contribution >= 4 is 40.0 Å². The maximum atomic E-state index is 12.2. The molecule has 1 aromatic heterocycles. The third-order valence-electron chi connectivity index (χ3n) is 3.61. The van der Waals surface area contributed by atoms with Gasteiger partial charge in [-0.1, -0.05) is 35.3 Å². The SMILES string of the molecule is O=C(NCC(O)c1c(Cl)cccc1Cl)c1ccc2cc[nH]c2c1. The van der Waals surface area contributed by atoms with Crippen LogP contribution in [-0.4, -0.2) is 22.5 Å². The van der Waals surface area contributed by atoms with Gasteiger partial charge in [0.1, 0.15) is 0 Å². The molecule has 0 aliphatic carbocycles. The van der Waals surface area contributed by atoms with Gasteiger partial charge in [0.2, 0.25) is 0 Å². The Bertz CT molecular complexity index is 840. The number of nitrogens with one attached hydrogen (secondary N) is 2. The van der Waals surface area contributed by atoms with Gasteiger partial charge in [0.05, 0.1) is 6.10 Å². The number of rotatable bonds is 4. The van der Waals surface area contributed by atoms with Crippen LogP contribution in [0.3, 0.4) is 0 Å². The topological polar surface area (TPSA) is 65.1 Å². The number of fused-ring (bicyclic) bond motifs is 1. The molecule has 3 N–H and O–H groups in total. The lowest BCUT2D eigenvalue weighted by Gasteiger charge is -2.15. The average molecular weight is 349 g/mol. The summed E-state index contributed by atoms with van der Waals surface area (Å²) in [5.41, 5.74) is 1.81. The standard InChI is InChI=1S/C17H14Cl2N2O2/c18-12-2-1-3-13(19)16(12)15(22)9-21-17(23)11-5-4-10-6-7-20-14(10)8-11/h1-8,15,20,22H,9H2,(H,21,23). The second kappa shape index (κ2) is 6.62. The fourth-order valence-electron chi connectivity index (χ4n) is 2.41. The molecule has 0 saturated heterocycles. The van der Waals surface area contributed by atoms with E-state index in [4.69, 9.17) is 23.2 Å². The van der Waals surface area contributed by atoms with Crippen molar-refractivity contribution in [2.45, 2.75) is 6.10 Å². The first-order valence-corrected chi connectivity index (χ1v) is 7.79. The number of carbonyl (C=O) groups excluding carboxylic acids is 1. The molecular weight excluding hydrogens is 335 g/mol. The van der Waals surface area contributed by atoms with E-state index in [0.717, 1.165) is 10.9 Å². The minimum absolute atomic E-state index is 0.0189. The largest absolute Gasteiger partial charge is 0.386 e. The van der Waals surface area contributed by atoms with E-state index in [9.17, 15) is 9.90 Å². The van der Waals surface area contributed by atoms with E-state index in [0.29, 0.717) is 21.2 Å².